The smallest absolute Gasteiger partial charge is 0.253 e. The van der Waals surface area contributed by atoms with Gasteiger partial charge in [-0.1, -0.05) is 32.6 Å². The Balaban J connectivity index is 0.00000461. The molecular formula is C34H51ClN6O4. The minimum Gasteiger partial charge on any atom is -0.390 e. The second kappa shape index (κ2) is 14.6. The summed E-state index contributed by atoms with van der Waals surface area (Å²) in [5, 5.41) is 19.1. The molecule has 2 atom stereocenters. The largest absolute Gasteiger partial charge is 0.390 e. The Hall–Kier alpha value is -2.95. The van der Waals surface area contributed by atoms with Gasteiger partial charge in [0, 0.05) is 57.1 Å². The number of nitrogens with zero attached hydrogens (tertiary/aromatic N) is 5. The number of piperidine rings is 1. The third-order valence-corrected chi connectivity index (χ3v) is 10.2. The van der Waals surface area contributed by atoms with Crippen molar-refractivity contribution in [1.29, 1.82) is 0 Å². The van der Waals surface area contributed by atoms with Crippen molar-refractivity contribution in [3.8, 4) is 5.69 Å². The van der Waals surface area contributed by atoms with Gasteiger partial charge in [0.1, 0.15) is 11.6 Å². The van der Waals surface area contributed by atoms with E-state index in [1.54, 1.807) is 19.0 Å². The number of likely N-dealkylation sites (tertiary alicyclic amines) is 1. The molecule has 2 aliphatic heterocycles. The summed E-state index contributed by atoms with van der Waals surface area (Å²) in [6, 6.07) is 6.66. The van der Waals surface area contributed by atoms with Crippen LogP contribution in [0.1, 0.15) is 92.0 Å². The number of amides is 3. The number of benzene rings is 1. The zero-order valence-corrected chi connectivity index (χ0v) is 28.4. The fourth-order valence-electron chi connectivity index (χ4n) is 7.42. The van der Waals surface area contributed by atoms with Crippen LogP contribution in [0.3, 0.4) is 0 Å². The van der Waals surface area contributed by atoms with Crippen LogP contribution in [0.25, 0.3) is 5.69 Å². The van der Waals surface area contributed by atoms with Crippen LogP contribution in [-0.2, 0) is 16.1 Å². The summed E-state index contributed by atoms with van der Waals surface area (Å²) in [4.78, 5) is 45.8. The van der Waals surface area contributed by atoms with Crippen molar-refractivity contribution in [3.63, 3.8) is 0 Å². The highest BCUT2D eigenvalue weighted by Gasteiger charge is 2.55. The van der Waals surface area contributed by atoms with Gasteiger partial charge in [-0.15, -0.1) is 12.4 Å². The van der Waals surface area contributed by atoms with Gasteiger partial charge in [-0.3, -0.25) is 19.3 Å². The lowest BCUT2D eigenvalue weighted by Gasteiger charge is -2.52. The van der Waals surface area contributed by atoms with E-state index < -0.39 is 17.7 Å². The number of aliphatic hydroxyl groups excluding tert-OH is 1. The van der Waals surface area contributed by atoms with E-state index in [1.807, 2.05) is 40.8 Å². The first-order valence-corrected chi connectivity index (χ1v) is 16.5. The molecule has 3 amide bonds. The van der Waals surface area contributed by atoms with Crippen LogP contribution in [0.5, 0.6) is 0 Å². The molecule has 2 saturated heterocycles. The lowest BCUT2D eigenvalue weighted by atomic mass is 9.78. The topological polar surface area (TPSA) is 111 Å². The molecule has 1 aliphatic carbocycles. The number of carbonyl (C=O) groups is 3. The van der Waals surface area contributed by atoms with Crippen molar-refractivity contribution in [2.45, 2.75) is 103 Å². The Morgan fingerprint density at radius 1 is 1.09 bits per heavy atom. The lowest BCUT2D eigenvalue weighted by molar-refractivity contribution is -0.166. The number of hydrogen-bond acceptors (Lipinski definition) is 6. The molecule has 1 aromatic carbocycles. The Bertz CT molecular complexity index is 1350. The summed E-state index contributed by atoms with van der Waals surface area (Å²) in [7, 11) is 3.49. The number of nitrogens with one attached hydrogen (secondary N) is 1. The Kier molecular flexibility index (Phi) is 11.4. The normalized spacial score (nSPS) is 21.4. The first-order chi connectivity index (χ1) is 21.1. The minimum atomic E-state index is -0.869. The average Bonchev–Trinajstić information content (AvgIpc) is 3.31. The highest BCUT2D eigenvalue weighted by Crippen LogP contribution is 2.37. The molecule has 248 valence electrons. The molecule has 3 heterocycles. The number of unbranched alkanes of at least 4 members (excludes halogenated alkanes) is 1. The van der Waals surface area contributed by atoms with Gasteiger partial charge < -0.3 is 20.2 Å². The minimum absolute atomic E-state index is 0. The van der Waals surface area contributed by atoms with Gasteiger partial charge in [0.05, 0.1) is 17.5 Å². The summed E-state index contributed by atoms with van der Waals surface area (Å²) in [5.74, 6) is -0.196. The number of hydrogen-bond donors (Lipinski definition) is 2. The van der Waals surface area contributed by atoms with E-state index in [1.165, 1.54) is 6.42 Å². The van der Waals surface area contributed by atoms with E-state index in [2.05, 4.69) is 24.1 Å². The third kappa shape index (κ3) is 6.93. The predicted octanol–water partition coefficient (Wildman–Crippen LogP) is 4.02. The van der Waals surface area contributed by atoms with E-state index in [4.69, 9.17) is 5.10 Å². The van der Waals surface area contributed by atoms with Crippen LogP contribution in [0.2, 0.25) is 0 Å². The molecule has 10 nitrogen and oxygen atoms in total. The number of carbonyl (C=O) groups excluding carboxylic acids is 3. The van der Waals surface area contributed by atoms with Crippen LogP contribution in [0, 0.1) is 19.8 Å². The van der Waals surface area contributed by atoms with Crippen molar-refractivity contribution in [2.75, 3.05) is 33.7 Å². The maximum Gasteiger partial charge on any atom is 0.253 e. The van der Waals surface area contributed by atoms with E-state index in [0.29, 0.717) is 44.6 Å². The first kappa shape index (κ1) is 34.9. The van der Waals surface area contributed by atoms with E-state index >= 15 is 0 Å². The number of aliphatic hydroxyl groups is 1. The fourth-order valence-corrected chi connectivity index (χ4v) is 7.42. The van der Waals surface area contributed by atoms with Crippen molar-refractivity contribution in [1.82, 2.24) is 29.8 Å². The third-order valence-electron chi connectivity index (χ3n) is 10.2. The van der Waals surface area contributed by atoms with Gasteiger partial charge in [-0.2, -0.15) is 5.10 Å². The van der Waals surface area contributed by atoms with Gasteiger partial charge in [-0.25, -0.2) is 4.68 Å². The molecule has 5 rings (SSSR count). The zero-order chi connectivity index (χ0) is 31.6. The van der Waals surface area contributed by atoms with Crippen molar-refractivity contribution in [3.05, 3.63) is 46.8 Å². The van der Waals surface area contributed by atoms with Gasteiger partial charge in [0.2, 0.25) is 11.8 Å². The molecule has 0 bridgehead atoms. The van der Waals surface area contributed by atoms with Crippen LogP contribution in [-0.4, -0.2) is 98.7 Å². The molecule has 1 aromatic heterocycles. The van der Waals surface area contributed by atoms with E-state index in [9.17, 15) is 19.5 Å². The van der Waals surface area contributed by atoms with Crippen molar-refractivity contribution >= 4 is 30.1 Å². The molecule has 11 heteroatoms. The molecule has 3 fully saturated rings. The number of aromatic nitrogens is 2. The van der Waals surface area contributed by atoms with Crippen LogP contribution in [0.15, 0.2) is 24.3 Å². The molecule has 0 radical (unpaired) electrons. The second-order valence-corrected chi connectivity index (χ2v) is 13.3. The molecule has 0 unspecified atom stereocenters. The van der Waals surface area contributed by atoms with Crippen LogP contribution in [0.4, 0.5) is 0 Å². The molecule has 3 aliphatic rings. The zero-order valence-electron chi connectivity index (χ0n) is 27.6. The van der Waals surface area contributed by atoms with Crippen LogP contribution >= 0.6 is 12.4 Å². The van der Waals surface area contributed by atoms with Gasteiger partial charge in [-0.05, 0) is 76.1 Å². The quantitative estimate of drug-likeness (QED) is 0.428. The summed E-state index contributed by atoms with van der Waals surface area (Å²) in [5.41, 5.74) is 3.81. The predicted molar refractivity (Wildman–Crippen MR) is 177 cm³/mol. The Labute approximate surface area is 273 Å². The van der Waals surface area contributed by atoms with E-state index in [0.717, 1.165) is 61.2 Å². The van der Waals surface area contributed by atoms with Gasteiger partial charge in [0.15, 0.2) is 0 Å². The number of rotatable bonds is 9. The van der Waals surface area contributed by atoms with Crippen molar-refractivity contribution < 1.29 is 19.5 Å². The standard InChI is InChI=1S/C34H50N6O4.ClH/c1-6-7-19-39-32(43)29(30(41)25-11-9-8-10-12-25)35-33(44)34(39)17-20-38(21-18-34)22-28-23(2)36-40(24(28)3)27-15-13-26(14-16-27)31(42)37(4)5;/h13-16,25,29-30,41H,6-12,17-22H2,1-5H3,(H,35,44);1H/t29-,30-;/m1./s1. The maximum atomic E-state index is 13.9. The summed E-state index contributed by atoms with van der Waals surface area (Å²) in [6.45, 7) is 8.80. The van der Waals surface area contributed by atoms with E-state index in [-0.39, 0.29) is 36.0 Å². The first-order valence-electron chi connectivity index (χ1n) is 16.5. The SMILES string of the molecule is CCCCN1C(=O)[C@@H]([C@H](O)C2CCCCC2)NC(=O)C12CCN(Cc1c(C)nn(-c3ccc(C(=O)N(C)C)cc3)c1C)CC2.Cl. The number of aryl methyl sites for hydroxylation is 1. The number of halogens is 1. The maximum absolute atomic E-state index is 13.9. The highest BCUT2D eigenvalue weighted by molar-refractivity contribution is 6.00. The molecule has 45 heavy (non-hydrogen) atoms. The lowest BCUT2D eigenvalue weighted by Crippen LogP contribution is -2.75. The molecular weight excluding hydrogens is 592 g/mol. The summed E-state index contributed by atoms with van der Waals surface area (Å²) in [6.07, 6.45) is 7.18. The average molecular weight is 643 g/mol. The summed E-state index contributed by atoms with van der Waals surface area (Å²) < 4.78 is 1.93. The van der Waals surface area contributed by atoms with Gasteiger partial charge >= 0.3 is 0 Å². The monoisotopic (exact) mass is 642 g/mol. The molecule has 1 spiro atoms. The van der Waals surface area contributed by atoms with Crippen molar-refractivity contribution in [2.24, 2.45) is 5.92 Å². The molecule has 1 saturated carbocycles. The van der Waals surface area contributed by atoms with Gasteiger partial charge in [0.25, 0.3) is 5.91 Å². The fraction of sp³-hybridized carbons (Fsp3) is 0.647. The highest BCUT2D eigenvalue weighted by atomic mass is 35.5. The molecule has 2 aromatic rings. The molecule has 2 N–H and O–H groups in total. The Morgan fingerprint density at radius 3 is 2.33 bits per heavy atom. The second-order valence-electron chi connectivity index (χ2n) is 13.3. The summed E-state index contributed by atoms with van der Waals surface area (Å²) >= 11 is 0. The van der Waals surface area contributed by atoms with Crippen LogP contribution < -0.4 is 5.32 Å². The Morgan fingerprint density at radius 2 is 1.73 bits per heavy atom. The number of piperazine rings is 1.